The largest absolute Gasteiger partial charge is 0.483 e. The molecule has 0 saturated carbocycles. The molecule has 4 aromatic rings. The number of anilines is 1. The van der Waals surface area contributed by atoms with Gasteiger partial charge in [-0.05, 0) is 73.6 Å². The van der Waals surface area contributed by atoms with E-state index in [-0.39, 0.29) is 17.6 Å². The molecule has 1 amide bonds. The third-order valence-electron chi connectivity index (χ3n) is 4.59. The molecule has 0 atom stereocenters. The molecule has 2 aromatic carbocycles. The summed E-state index contributed by atoms with van der Waals surface area (Å²) in [6.45, 7) is 3.72. The standard InChI is InChI=1S/C23H20N4O3S/c1-14-6-3-4-7-18(14)29-13-20(28)26-23(31)25-17-10-9-16(12-15(17)2)22-27-21-19(30-22)8-5-11-24-21/h3-12H,13H2,1-2H3,(H2,25,26,28,31). The maximum absolute atomic E-state index is 12.1. The SMILES string of the molecule is Cc1cc(-c2nc3ncccc3o2)ccc1NC(=S)NC(=O)COc1ccccc1C. The summed E-state index contributed by atoms with van der Waals surface area (Å²) >= 11 is 5.26. The molecule has 156 valence electrons. The average Bonchev–Trinajstić information content (AvgIpc) is 3.19. The van der Waals surface area contributed by atoms with Crippen molar-refractivity contribution in [2.24, 2.45) is 0 Å². The zero-order valence-electron chi connectivity index (χ0n) is 17.0. The highest BCUT2D eigenvalue weighted by Crippen LogP contribution is 2.26. The molecular formula is C23H20N4O3S. The van der Waals surface area contributed by atoms with Crippen LogP contribution in [0.1, 0.15) is 11.1 Å². The van der Waals surface area contributed by atoms with Gasteiger partial charge in [0.1, 0.15) is 5.75 Å². The summed E-state index contributed by atoms with van der Waals surface area (Å²) in [5, 5.41) is 5.86. The molecule has 7 nitrogen and oxygen atoms in total. The molecule has 0 saturated heterocycles. The van der Waals surface area contributed by atoms with Crippen LogP contribution in [0.4, 0.5) is 5.69 Å². The van der Waals surface area contributed by atoms with E-state index in [0.717, 1.165) is 22.4 Å². The van der Waals surface area contributed by atoms with E-state index in [1.54, 1.807) is 12.3 Å². The maximum Gasteiger partial charge on any atom is 0.264 e. The van der Waals surface area contributed by atoms with Gasteiger partial charge in [0.15, 0.2) is 22.9 Å². The first-order valence-electron chi connectivity index (χ1n) is 9.61. The van der Waals surface area contributed by atoms with Gasteiger partial charge < -0.3 is 14.5 Å². The van der Waals surface area contributed by atoms with Gasteiger partial charge in [-0.1, -0.05) is 18.2 Å². The molecule has 0 unspecified atom stereocenters. The summed E-state index contributed by atoms with van der Waals surface area (Å²) in [5.41, 5.74) is 4.66. The van der Waals surface area contributed by atoms with E-state index in [1.807, 2.05) is 62.4 Å². The van der Waals surface area contributed by atoms with E-state index < -0.39 is 0 Å². The van der Waals surface area contributed by atoms with Crippen LogP contribution in [0.15, 0.2) is 65.2 Å². The van der Waals surface area contributed by atoms with Crippen LogP contribution in [-0.4, -0.2) is 27.6 Å². The minimum Gasteiger partial charge on any atom is -0.483 e. The number of aromatic nitrogens is 2. The van der Waals surface area contributed by atoms with Gasteiger partial charge in [0.05, 0.1) is 0 Å². The molecule has 8 heteroatoms. The molecule has 4 rings (SSSR count). The average molecular weight is 433 g/mol. The number of ether oxygens (including phenoxy) is 1. The molecule has 2 heterocycles. The van der Waals surface area contributed by atoms with E-state index in [9.17, 15) is 4.79 Å². The Kier molecular flexibility index (Phi) is 5.90. The Morgan fingerprint density at radius 2 is 1.94 bits per heavy atom. The van der Waals surface area contributed by atoms with Crippen LogP contribution in [0.25, 0.3) is 22.7 Å². The number of carbonyl (C=O) groups is 1. The summed E-state index contributed by atoms with van der Waals surface area (Å²) in [6, 6.07) is 16.8. The molecule has 0 spiro atoms. The summed E-state index contributed by atoms with van der Waals surface area (Å²) in [7, 11) is 0. The Hall–Kier alpha value is -3.78. The molecule has 2 aromatic heterocycles. The second-order valence-corrected chi connectivity index (χ2v) is 7.34. The van der Waals surface area contributed by atoms with E-state index in [0.29, 0.717) is 22.9 Å². The number of thiocarbonyl (C=S) groups is 1. The van der Waals surface area contributed by atoms with Crippen molar-refractivity contribution in [3.05, 3.63) is 71.9 Å². The predicted molar refractivity (Wildman–Crippen MR) is 123 cm³/mol. The van der Waals surface area contributed by atoms with Crippen LogP contribution < -0.4 is 15.4 Å². The number of nitrogens with zero attached hydrogens (tertiary/aromatic N) is 2. The number of amides is 1. The Balaban J connectivity index is 1.37. The van der Waals surface area contributed by atoms with Crippen LogP contribution in [0.5, 0.6) is 5.75 Å². The van der Waals surface area contributed by atoms with Crippen molar-refractivity contribution in [3.63, 3.8) is 0 Å². The number of carbonyl (C=O) groups excluding carboxylic acids is 1. The molecule has 0 aliphatic heterocycles. The van der Waals surface area contributed by atoms with Gasteiger partial charge in [0.25, 0.3) is 5.91 Å². The monoisotopic (exact) mass is 432 g/mol. The molecule has 31 heavy (non-hydrogen) atoms. The summed E-state index contributed by atoms with van der Waals surface area (Å²) in [4.78, 5) is 20.7. The van der Waals surface area contributed by atoms with Crippen LogP contribution >= 0.6 is 12.2 Å². The van der Waals surface area contributed by atoms with Gasteiger partial charge in [-0.15, -0.1) is 0 Å². The predicted octanol–water partition coefficient (Wildman–Crippen LogP) is 4.40. The van der Waals surface area contributed by atoms with Gasteiger partial charge in [0.2, 0.25) is 5.89 Å². The topological polar surface area (TPSA) is 89.3 Å². The number of benzene rings is 2. The third kappa shape index (κ3) is 4.87. The quantitative estimate of drug-likeness (QED) is 0.452. The Labute approximate surface area is 184 Å². The van der Waals surface area contributed by atoms with Gasteiger partial charge in [0, 0.05) is 17.4 Å². The van der Waals surface area contributed by atoms with E-state index in [4.69, 9.17) is 21.4 Å². The first-order valence-corrected chi connectivity index (χ1v) is 10.0. The Morgan fingerprint density at radius 3 is 2.71 bits per heavy atom. The van der Waals surface area contributed by atoms with Crippen molar-refractivity contribution in [1.82, 2.24) is 15.3 Å². The van der Waals surface area contributed by atoms with Gasteiger partial charge in [-0.2, -0.15) is 4.98 Å². The minimum absolute atomic E-state index is 0.129. The highest BCUT2D eigenvalue weighted by Gasteiger charge is 2.12. The molecule has 2 N–H and O–H groups in total. The lowest BCUT2D eigenvalue weighted by atomic mass is 10.1. The lowest BCUT2D eigenvalue weighted by Gasteiger charge is -2.13. The van der Waals surface area contributed by atoms with Crippen LogP contribution in [0.3, 0.4) is 0 Å². The summed E-state index contributed by atoms with van der Waals surface area (Å²) < 4.78 is 11.3. The number of fused-ring (bicyclic) bond motifs is 1. The number of rotatable bonds is 5. The number of hydrogen-bond acceptors (Lipinski definition) is 6. The van der Waals surface area contributed by atoms with E-state index in [1.165, 1.54) is 0 Å². The van der Waals surface area contributed by atoms with E-state index in [2.05, 4.69) is 20.6 Å². The fourth-order valence-corrected chi connectivity index (χ4v) is 3.23. The first kappa shape index (κ1) is 20.5. The highest BCUT2D eigenvalue weighted by atomic mass is 32.1. The zero-order chi connectivity index (χ0) is 21.8. The number of nitrogens with one attached hydrogen (secondary N) is 2. The molecule has 0 bridgehead atoms. The maximum atomic E-state index is 12.1. The first-order chi connectivity index (χ1) is 15.0. The normalized spacial score (nSPS) is 10.6. The zero-order valence-corrected chi connectivity index (χ0v) is 17.8. The van der Waals surface area contributed by atoms with Crippen molar-refractivity contribution in [3.8, 4) is 17.2 Å². The van der Waals surface area contributed by atoms with Crippen molar-refractivity contribution < 1.29 is 13.9 Å². The van der Waals surface area contributed by atoms with Gasteiger partial charge in [-0.3, -0.25) is 10.1 Å². The van der Waals surface area contributed by atoms with Crippen molar-refractivity contribution >= 4 is 40.2 Å². The van der Waals surface area contributed by atoms with Gasteiger partial charge >= 0.3 is 0 Å². The minimum atomic E-state index is -0.339. The molecule has 0 fully saturated rings. The molecule has 0 radical (unpaired) electrons. The van der Waals surface area contributed by atoms with Gasteiger partial charge in [-0.25, -0.2) is 4.98 Å². The molecule has 0 aliphatic rings. The van der Waals surface area contributed by atoms with Crippen LogP contribution in [-0.2, 0) is 4.79 Å². The number of para-hydroxylation sites is 1. The number of pyridine rings is 1. The number of oxazole rings is 1. The molecular weight excluding hydrogens is 412 g/mol. The summed E-state index contributed by atoms with van der Waals surface area (Å²) in [5.74, 6) is 0.818. The van der Waals surface area contributed by atoms with Crippen molar-refractivity contribution in [2.45, 2.75) is 13.8 Å². The third-order valence-corrected chi connectivity index (χ3v) is 4.80. The fraction of sp³-hybridized carbons (Fsp3) is 0.130. The lowest BCUT2D eigenvalue weighted by Crippen LogP contribution is -2.37. The lowest BCUT2D eigenvalue weighted by molar-refractivity contribution is -0.121. The van der Waals surface area contributed by atoms with Crippen LogP contribution in [0, 0.1) is 13.8 Å². The highest BCUT2D eigenvalue weighted by molar-refractivity contribution is 7.80. The summed E-state index contributed by atoms with van der Waals surface area (Å²) in [6.07, 6.45) is 1.67. The Morgan fingerprint density at radius 1 is 1.10 bits per heavy atom. The van der Waals surface area contributed by atoms with E-state index >= 15 is 0 Å². The second kappa shape index (κ2) is 8.93. The smallest absolute Gasteiger partial charge is 0.264 e. The fourth-order valence-electron chi connectivity index (χ4n) is 3.01. The Bertz CT molecular complexity index is 1240. The molecule has 0 aliphatic carbocycles. The number of aryl methyl sites for hydroxylation is 2. The van der Waals surface area contributed by atoms with Crippen molar-refractivity contribution in [1.29, 1.82) is 0 Å². The van der Waals surface area contributed by atoms with Crippen LogP contribution in [0.2, 0.25) is 0 Å². The van der Waals surface area contributed by atoms with Crippen molar-refractivity contribution in [2.75, 3.05) is 11.9 Å². The number of hydrogen-bond donors (Lipinski definition) is 2. The second-order valence-electron chi connectivity index (χ2n) is 6.93.